The Morgan fingerprint density at radius 3 is 2.43 bits per heavy atom. The topological polar surface area (TPSA) is 49.4 Å². The molecule has 0 saturated heterocycles. The van der Waals surface area contributed by atoms with Crippen LogP contribution in [0.5, 0.6) is 0 Å². The highest BCUT2D eigenvalue weighted by atomic mass is 35.5. The van der Waals surface area contributed by atoms with Crippen LogP contribution in [-0.4, -0.2) is 18.4 Å². The zero-order chi connectivity index (χ0) is 21.3. The molecule has 3 aromatic rings. The SMILES string of the molecule is Cc1cccc(C)c1C(=O)Nc1ccc(C(=O)N2CCCCc3sc(Cl)cc32)cc1. The van der Waals surface area contributed by atoms with Crippen molar-refractivity contribution in [2.75, 3.05) is 16.8 Å². The van der Waals surface area contributed by atoms with Crippen molar-refractivity contribution >= 4 is 46.1 Å². The van der Waals surface area contributed by atoms with Gasteiger partial charge in [0.2, 0.25) is 0 Å². The monoisotopic (exact) mass is 438 g/mol. The Kier molecular flexibility index (Phi) is 5.93. The van der Waals surface area contributed by atoms with Crippen molar-refractivity contribution in [1.82, 2.24) is 0 Å². The molecule has 154 valence electrons. The lowest BCUT2D eigenvalue weighted by molar-refractivity contribution is 0.0985. The Morgan fingerprint density at radius 1 is 1.03 bits per heavy atom. The van der Waals surface area contributed by atoms with Crippen LogP contribution in [0, 0.1) is 13.8 Å². The fraction of sp³-hybridized carbons (Fsp3) is 0.250. The highest BCUT2D eigenvalue weighted by molar-refractivity contribution is 7.16. The third kappa shape index (κ3) is 4.13. The van der Waals surface area contributed by atoms with E-state index in [4.69, 9.17) is 11.6 Å². The fourth-order valence-corrected chi connectivity index (χ4v) is 5.21. The molecule has 2 amide bonds. The second-order valence-corrected chi connectivity index (χ2v) is 9.34. The van der Waals surface area contributed by atoms with Gasteiger partial charge in [-0.25, -0.2) is 0 Å². The molecule has 2 heterocycles. The van der Waals surface area contributed by atoms with E-state index >= 15 is 0 Å². The second kappa shape index (κ2) is 8.62. The van der Waals surface area contributed by atoms with E-state index in [2.05, 4.69) is 5.32 Å². The van der Waals surface area contributed by atoms with Gasteiger partial charge in [0.25, 0.3) is 11.8 Å². The van der Waals surface area contributed by atoms with E-state index in [0.717, 1.165) is 36.1 Å². The second-order valence-electron chi connectivity index (χ2n) is 7.57. The predicted octanol–water partition coefficient (Wildman–Crippen LogP) is 6.25. The highest BCUT2D eigenvalue weighted by Gasteiger charge is 2.24. The van der Waals surface area contributed by atoms with Gasteiger partial charge in [-0.2, -0.15) is 0 Å². The van der Waals surface area contributed by atoms with Gasteiger partial charge in [0.05, 0.1) is 10.0 Å². The maximum absolute atomic E-state index is 13.2. The Morgan fingerprint density at radius 2 is 1.73 bits per heavy atom. The van der Waals surface area contributed by atoms with Crippen molar-refractivity contribution in [3.05, 3.63) is 80.0 Å². The van der Waals surface area contributed by atoms with Crippen LogP contribution in [-0.2, 0) is 6.42 Å². The normalized spacial score (nSPS) is 13.5. The minimum absolute atomic E-state index is 0.0414. The third-order valence-corrected chi connectivity index (χ3v) is 6.74. The first-order valence-electron chi connectivity index (χ1n) is 10.0. The summed E-state index contributed by atoms with van der Waals surface area (Å²) >= 11 is 7.76. The van der Waals surface area contributed by atoms with E-state index < -0.39 is 0 Å². The smallest absolute Gasteiger partial charge is 0.258 e. The summed E-state index contributed by atoms with van der Waals surface area (Å²) in [5, 5.41) is 2.93. The number of aryl methyl sites for hydroxylation is 3. The number of hydrogen-bond donors (Lipinski definition) is 1. The molecule has 0 saturated carbocycles. The Hall–Kier alpha value is -2.63. The first-order chi connectivity index (χ1) is 14.4. The lowest BCUT2D eigenvalue weighted by Gasteiger charge is -2.21. The summed E-state index contributed by atoms with van der Waals surface area (Å²) in [5.74, 6) is -0.185. The van der Waals surface area contributed by atoms with Crippen LogP contribution < -0.4 is 10.2 Å². The number of fused-ring (bicyclic) bond motifs is 1. The zero-order valence-corrected chi connectivity index (χ0v) is 18.6. The number of hydrogen-bond acceptors (Lipinski definition) is 3. The van der Waals surface area contributed by atoms with Gasteiger partial charge in [0.1, 0.15) is 0 Å². The molecule has 1 N–H and O–H groups in total. The van der Waals surface area contributed by atoms with Gasteiger partial charge in [0, 0.05) is 28.2 Å². The molecule has 4 rings (SSSR count). The average Bonchev–Trinajstić information content (AvgIpc) is 2.97. The molecule has 1 aliphatic rings. The van der Waals surface area contributed by atoms with Crippen LogP contribution in [0.1, 0.15) is 49.6 Å². The molecule has 0 fully saturated rings. The number of carbonyl (C=O) groups is 2. The van der Waals surface area contributed by atoms with Gasteiger partial charge in [-0.3, -0.25) is 9.59 Å². The molecule has 0 bridgehead atoms. The summed E-state index contributed by atoms with van der Waals surface area (Å²) in [6, 6.07) is 14.8. The zero-order valence-electron chi connectivity index (χ0n) is 17.0. The molecule has 0 unspecified atom stereocenters. The molecule has 0 radical (unpaired) electrons. The van der Waals surface area contributed by atoms with E-state index in [1.807, 2.05) is 43.0 Å². The Bertz CT molecular complexity index is 1080. The molecular formula is C24H23ClN2O2S. The minimum Gasteiger partial charge on any atom is -0.322 e. The van der Waals surface area contributed by atoms with Gasteiger partial charge in [-0.1, -0.05) is 29.8 Å². The van der Waals surface area contributed by atoms with E-state index in [1.54, 1.807) is 35.6 Å². The van der Waals surface area contributed by atoms with Crippen LogP contribution >= 0.6 is 22.9 Å². The van der Waals surface area contributed by atoms with Crippen LogP contribution in [0.4, 0.5) is 11.4 Å². The molecule has 30 heavy (non-hydrogen) atoms. The summed E-state index contributed by atoms with van der Waals surface area (Å²) in [7, 11) is 0. The quantitative estimate of drug-likeness (QED) is 0.525. The maximum atomic E-state index is 13.2. The van der Waals surface area contributed by atoms with Crippen molar-refractivity contribution in [3.63, 3.8) is 0 Å². The number of anilines is 2. The number of nitrogens with one attached hydrogen (secondary N) is 1. The fourth-order valence-electron chi connectivity index (χ4n) is 3.90. The number of halogens is 1. The van der Waals surface area contributed by atoms with E-state index in [-0.39, 0.29) is 11.8 Å². The number of rotatable bonds is 3. The van der Waals surface area contributed by atoms with Crippen LogP contribution in [0.25, 0.3) is 0 Å². The third-order valence-electron chi connectivity index (χ3n) is 5.43. The minimum atomic E-state index is -0.144. The van der Waals surface area contributed by atoms with Gasteiger partial charge in [-0.05, 0) is 74.6 Å². The number of amides is 2. The number of benzene rings is 2. The number of nitrogens with zero attached hydrogens (tertiary/aromatic N) is 1. The Balaban J connectivity index is 1.52. The van der Waals surface area contributed by atoms with Crippen molar-refractivity contribution in [2.45, 2.75) is 33.1 Å². The lowest BCUT2D eigenvalue weighted by Crippen LogP contribution is -2.31. The van der Waals surface area contributed by atoms with Crippen LogP contribution in [0.15, 0.2) is 48.5 Å². The van der Waals surface area contributed by atoms with Crippen molar-refractivity contribution in [2.24, 2.45) is 0 Å². The highest BCUT2D eigenvalue weighted by Crippen LogP contribution is 2.37. The molecule has 6 heteroatoms. The first-order valence-corrected chi connectivity index (χ1v) is 11.2. The standard InChI is InChI=1S/C24H23ClN2O2S/c1-15-6-5-7-16(2)22(15)23(28)26-18-11-9-17(10-12-18)24(29)27-13-4-3-8-20-19(27)14-21(25)30-20/h5-7,9-12,14H,3-4,8,13H2,1-2H3,(H,26,28). The summed E-state index contributed by atoms with van der Waals surface area (Å²) in [6.45, 7) is 4.54. The summed E-state index contributed by atoms with van der Waals surface area (Å²) in [4.78, 5) is 28.9. The van der Waals surface area contributed by atoms with Gasteiger partial charge in [0.15, 0.2) is 0 Å². The first kappa shape index (κ1) is 20.6. The Labute approximate surface area is 185 Å². The van der Waals surface area contributed by atoms with Crippen LogP contribution in [0.3, 0.4) is 0 Å². The van der Waals surface area contributed by atoms with E-state index in [0.29, 0.717) is 27.7 Å². The van der Waals surface area contributed by atoms with Crippen LogP contribution in [0.2, 0.25) is 4.34 Å². The summed E-state index contributed by atoms with van der Waals surface area (Å²) in [6.07, 6.45) is 2.98. The molecule has 2 aromatic carbocycles. The largest absolute Gasteiger partial charge is 0.322 e. The molecule has 0 spiro atoms. The van der Waals surface area contributed by atoms with Crippen molar-refractivity contribution in [3.8, 4) is 0 Å². The summed E-state index contributed by atoms with van der Waals surface area (Å²) < 4.78 is 0.712. The average molecular weight is 439 g/mol. The van der Waals surface area contributed by atoms with E-state index in [9.17, 15) is 9.59 Å². The number of carbonyl (C=O) groups excluding carboxylic acids is 2. The van der Waals surface area contributed by atoms with Gasteiger partial charge in [-0.15, -0.1) is 11.3 Å². The predicted molar refractivity (Wildman–Crippen MR) is 124 cm³/mol. The molecule has 1 aliphatic heterocycles. The molecule has 4 nitrogen and oxygen atoms in total. The van der Waals surface area contributed by atoms with Gasteiger partial charge < -0.3 is 10.2 Å². The molecule has 0 aliphatic carbocycles. The van der Waals surface area contributed by atoms with Crippen molar-refractivity contribution in [1.29, 1.82) is 0 Å². The lowest BCUT2D eigenvalue weighted by atomic mass is 10.0. The van der Waals surface area contributed by atoms with E-state index in [1.165, 1.54) is 4.88 Å². The summed E-state index contributed by atoms with van der Waals surface area (Å²) in [5.41, 5.74) is 4.74. The molecule has 1 aromatic heterocycles. The van der Waals surface area contributed by atoms with Gasteiger partial charge >= 0.3 is 0 Å². The number of thiophene rings is 1. The maximum Gasteiger partial charge on any atom is 0.258 e. The molecular weight excluding hydrogens is 416 g/mol. The van der Waals surface area contributed by atoms with Crippen molar-refractivity contribution < 1.29 is 9.59 Å². The molecule has 0 atom stereocenters.